The maximum absolute atomic E-state index is 15.9. The van der Waals surface area contributed by atoms with Crippen molar-refractivity contribution in [2.75, 3.05) is 25.1 Å². The van der Waals surface area contributed by atoms with Crippen LogP contribution in [-0.4, -0.2) is 198 Å². The summed E-state index contributed by atoms with van der Waals surface area (Å²) in [7, 11) is 0. The van der Waals surface area contributed by atoms with Gasteiger partial charge in [0.1, 0.15) is 71.9 Å². The highest BCUT2D eigenvalue weighted by atomic mass is 32.1. The van der Waals surface area contributed by atoms with Crippen molar-refractivity contribution in [3.8, 4) is 22.5 Å². The summed E-state index contributed by atoms with van der Waals surface area (Å²) in [6, 6.07) is 13.4. The number of carboxylic acids is 1. The van der Waals surface area contributed by atoms with Gasteiger partial charge in [0, 0.05) is 41.2 Å². The molecule has 10 aliphatic rings. The van der Waals surface area contributed by atoms with Gasteiger partial charge in [-0.05, 0) is 178 Å². The molecule has 25 nitrogen and oxygen atoms in total. The van der Waals surface area contributed by atoms with Crippen LogP contribution in [-0.2, 0) is 42.8 Å². The summed E-state index contributed by atoms with van der Waals surface area (Å²) in [4.78, 5) is 68.0. The van der Waals surface area contributed by atoms with Crippen molar-refractivity contribution < 1.29 is 103 Å². The molecule has 24 atom stereocenters. The number of nitrogens with one attached hydrogen (secondary N) is 3. The lowest BCUT2D eigenvalue weighted by Crippen LogP contribution is -2.69. The highest BCUT2D eigenvalue weighted by molar-refractivity contribution is 7.80. The molecule has 12 rings (SSSR count). The molecule has 4 heterocycles. The average Bonchev–Trinajstić information content (AvgIpc) is 0.671. The third kappa shape index (κ3) is 13.3. The van der Waals surface area contributed by atoms with Gasteiger partial charge < -0.3 is 105 Å². The summed E-state index contributed by atoms with van der Waals surface area (Å²) in [6.45, 7) is 15.4. The van der Waals surface area contributed by atoms with Crippen LogP contribution in [0.25, 0.3) is 33.4 Å². The number of aliphatic hydroxyl groups is 9. The van der Waals surface area contributed by atoms with Crippen molar-refractivity contribution in [3.05, 3.63) is 87.6 Å². The number of hydrogen-bond acceptors (Lipinski definition) is 22. The van der Waals surface area contributed by atoms with Gasteiger partial charge in [-0.3, -0.25) is 14.4 Å². The Morgan fingerprint density at radius 1 is 0.752 bits per heavy atom. The van der Waals surface area contributed by atoms with Crippen LogP contribution in [0.3, 0.4) is 0 Å². The van der Waals surface area contributed by atoms with Crippen LogP contribution in [0.2, 0.25) is 0 Å². The quantitative estimate of drug-likeness (QED) is 0.0146. The number of carbonyl (C=O) groups excluding carboxylic acids is 3. The fourth-order valence-corrected chi connectivity index (χ4v) is 19.6. The second-order valence-electron chi connectivity index (χ2n) is 31.8. The molecular formula is C75H99N3O22S. The van der Waals surface area contributed by atoms with Gasteiger partial charge >= 0.3 is 11.9 Å². The summed E-state index contributed by atoms with van der Waals surface area (Å²) in [5, 5.41) is 123. The van der Waals surface area contributed by atoms with Gasteiger partial charge in [0.15, 0.2) is 29.2 Å². The SMILES string of the molecule is Cc1ccc2c(-c3ccc(NC(=S)NCCCCCC(=O)N[C@H]4C(CO)O[C@@H](OC(=O)[C@]56CCC(C)(C)CC5C5=CCC7C8(C)CC[C@H](O)[C@](C)(C=O)[C@@H]8CC[C@]7(C)[C@]5(C)CC6O)C(O[C@@H]5OC(C)[C@H](O[C@@H]6OC[C@@H](O)C(O)C6O)C(O)C5O)C4O)cc3C(=O)O)c3ccc(=O)cc-3oc2c1. The van der Waals surface area contributed by atoms with E-state index in [2.05, 4.69) is 56.6 Å². The van der Waals surface area contributed by atoms with Crippen molar-refractivity contribution >= 4 is 58.1 Å². The lowest BCUT2D eigenvalue weighted by atomic mass is 9.33. The van der Waals surface area contributed by atoms with E-state index in [4.69, 9.17) is 45.1 Å². The number of aldehydes is 1. The Morgan fingerprint density at radius 2 is 1.49 bits per heavy atom. The van der Waals surface area contributed by atoms with E-state index in [0.717, 1.165) is 30.3 Å². The number of aliphatic hydroxyl groups excluding tert-OH is 9. The third-order valence-corrected chi connectivity index (χ3v) is 25.5. The Morgan fingerprint density at radius 3 is 2.22 bits per heavy atom. The van der Waals surface area contributed by atoms with Crippen LogP contribution in [0, 0.1) is 57.2 Å². The van der Waals surface area contributed by atoms with Crippen molar-refractivity contribution in [1.82, 2.24) is 10.6 Å². The standard InChI is InChI=1S/C75H99N3O22S/c1-36-13-16-41-47(28-36)96-48-30-39(81)15-18-42(48)55(41)40-17-14-38(29-43(40)64(91)92)77-69(101)76-27-11-9-10-12-54(85)78-56-49(33-79)97-67(63(58(56)87)99-66-61(90)59(88)62(37(2)95-66)98-65-60(89)57(86)46(82)34-94-65)100-68(93)75-26-25-70(3,4)31-45(75)44-19-20-51-71(5)23-22-52(83)72(6,35-80)50(71)21-24-73(51,7)74(44,8)32-53(75)84/h13-19,28-30,35,37,45-46,49-53,56-63,65-67,79,82-84,86-90H,9-12,20-27,31-34H2,1-8H3,(H,78,85)(H,91,92)(H2,76,77,101)/t37?,45?,46-,49?,50-,51?,52+,53?,56+,57?,58?,59?,60?,61?,62+,63?,65+,66+,67+,71?,72-,73+,74-,75-/m1/s1. The van der Waals surface area contributed by atoms with Crippen molar-refractivity contribution in [3.63, 3.8) is 0 Å². The first kappa shape index (κ1) is 74.8. The normalized spacial score (nSPS) is 39.7. The van der Waals surface area contributed by atoms with E-state index >= 15 is 4.79 Å². The highest BCUT2D eigenvalue weighted by Crippen LogP contribution is 2.76. The smallest absolute Gasteiger partial charge is 0.336 e. The molecule has 3 saturated heterocycles. The van der Waals surface area contributed by atoms with Crippen LogP contribution in [0.1, 0.15) is 148 Å². The zero-order valence-electron chi connectivity index (χ0n) is 58.4. The molecule has 0 bridgehead atoms. The Hall–Kier alpha value is -5.92. The number of aryl methyl sites for hydroxylation is 1. The Labute approximate surface area is 591 Å². The molecule has 12 unspecified atom stereocenters. The van der Waals surface area contributed by atoms with E-state index in [1.165, 1.54) is 25.1 Å². The molecule has 0 radical (unpaired) electrons. The van der Waals surface area contributed by atoms with Crippen LogP contribution in [0.5, 0.6) is 0 Å². The molecule has 13 N–H and O–H groups in total. The van der Waals surface area contributed by atoms with E-state index in [1.54, 1.807) is 18.2 Å². The minimum atomic E-state index is -2.00. The molecule has 7 fully saturated rings. The number of carbonyl (C=O) groups is 4. The van der Waals surface area contributed by atoms with E-state index < -0.39 is 157 Å². The van der Waals surface area contributed by atoms with Crippen LogP contribution < -0.4 is 21.4 Å². The summed E-state index contributed by atoms with van der Waals surface area (Å²) in [5.74, 6) is -2.86. The predicted octanol–water partition coefficient (Wildman–Crippen LogP) is 5.51. The van der Waals surface area contributed by atoms with Crippen LogP contribution >= 0.6 is 12.2 Å². The fraction of sp³-hybridized carbons (Fsp3) is 0.653. The molecule has 26 heteroatoms. The molecule has 2 aromatic carbocycles. The number of unbranched alkanes of at least 4 members (excludes halogenated alkanes) is 2. The number of aromatic carboxylic acids is 1. The minimum absolute atomic E-state index is 0.0243. The van der Waals surface area contributed by atoms with Crippen LogP contribution in [0.4, 0.5) is 5.69 Å². The van der Waals surface area contributed by atoms with Gasteiger partial charge in [0.05, 0.1) is 48.5 Å². The Balaban J connectivity index is 0.737. The van der Waals surface area contributed by atoms with Crippen molar-refractivity contribution in [2.24, 2.45) is 50.2 Å². The Kier molecular flexibility index (Phi) is 21.1. The maximum atomic E-state index is 15.9. The molecule has 6 aliphatic carbocycles. The number of hydrogen-bond donors (Lipinski definition) is 13. The largest absolute Gasteiger partial charge is 0.478 e. The number of fused-ring (bicyclic) bond motifs is 9. The molecule has 552 valence electrons. The molecule has 0 aromatic heterocycles. The zero-order chi connectivity index (χ0) is 72.8. The Bertz CT molecular complexity index is 3850. The van der Waals surface area contributed by atoms with Crippen molar-refractivity contribution in [2.45, 2.75) is 237 Å². The number of amides is 1. The van der Waals surface area contributed by atoms with Gasteiger partial charge in [-0.2, -0.15) is 0 Å². The highest BCUT2D eigenvalue weighted by Gasteiger charge is 2.72. The fourth-order valence-electron chi connectivity index (χ4n) is 19.3. The number of esters is 1. The van der Waals surface area contributed by atoms with Gasteiger partial charge in [0.2, 0.25) is 12.2 Å². The van der Waals surface area contributed by atoms with E-state index in [-0.39, 0.29) is 58.0 Å². The number of ether oxygens (including phenoxy) is 6. The van der Waals surface area contributed by atoms with Crippen molar-refractivity contribution in [1.29, 1.82) is 0 Å². The molecule has 4 aliphatic heterocycles. The van der Waals surface area contributed by atoms with Gasteiger partial charge in [-0.15, -0.1) is 0 Å². The average molecular weight is 1430 g/mol. The van der Waals surface area contributed by atoms with Gasteiger partial charge in [-0.1, -0.05) is 77.8 Å². The second-order valence-corrected chi connectivity index (χ2v) is 32.2. The van der Waals surface area contributed by atoms with Gasteiger partial charge in [0.25, 0.3) is 0 Å². The number of benzene rings is 3. The minimum Gasteiger partial charge on any atom is -0.478 e. The van der Waals surface area contributed by atoms with E-state index in [1.807, 2.05) is 32.0 Å². The molecule has 0 spiro atoms. The molecular weight excluding hydrogens is 1330 g/mol. The summed E-state index contributed by atoms with van der Waals surface area (Å²) in [6.07, 6.45) is -14.7. The number of anilines is 1. The molecule has 4 saturated carbocycles. The van der Waals surface area contributed by atoms with E-state index in [0.29, 0.717) is 97.0 Å². The number of thiocarbonyl (C=S) groups is 1. The first-order chi connectivity index (χ1) is 47.7. The summed E-state index contributed by atoms with van der Waals surface area (Å²) >= 11 is 5.60. The summed E-state index contributed by atoms with van der Waals surface area (Å²) in [5.41, 5.74) is -0.0613. The molecule has 1 amide bonds. The summed E-state index contributed by atoms with van der Waals surface area (Å²) < 4.78 is 42.8. The maximum Gasteiger partial charge on any atom is 0.336 e. The zero-order valence-corrected chi connectivity index (χ0v) is 59.2. The first-order valence-electron chi connectivity index (χ1n) is 35.6. The molecule has 101 heavy (non-hydrogen) atoms. The second kappa shape index (κ2) is 28.5. The lowest BCUT2D eigenvalue weighted by Gasteiger charge is -2.71. The lowest BCUT2D eigenvalue weighted by molar-refractivity contribution is -0.370. The third-order valence-electron chi connectivity index (χ3n) is 25.2. The first-order valence-corrected chi connectivity index (χ1v) is 36.0. The predicted molar refractivity (Wildman–Crippen MR) is 369 cm³/mol. The van der Waals surface area contributed by atoms with Crippen LogP contribution in [0.15, 0.2) is 75.5 Å². The molecule has 2 aromatic rings. The topological polar surface area (TPSA) is 392 Å². The van der Waals surface area contributed by atoms with Gasteiger partial charge in [-0.25, -0.2) is 4.79 Å². The number of rotatable bonds is 18. The number of allylic oxidation sites excluding steroid dienone is 2. The monoisotopic (exact) mass is 1430 g/mol. The number of carboxylic acid groups (broad SMARTS) is 1. The van der Waals surface area contributed by atoms with E-state index in [9.17, 15) is 70.2 Å².